The van der Waals surface area contributed by atoms with Gasteiger partial charge >= 0.3 is 0 Å². The zero-order valence-corrected chi connectivity index (χ0v) is 13.9. The van der Waals surface area contributed by atoms with Crippen molar-refractivity contribution in [3.63, 3.8) is 0 Å². The molecule has 0 heterocycles. The monoisotopic (exact) mass is 324 g/mol. The predicted octanol–water partition coefficient (Wildman–Crippen LogP) is 3.15. The van der Waals surface area contributed by atoms with Crippen molar-refractivity contribution in [2.45, 2.75) is 19.5 Å². The van der Waals surface area contributed by atoms with Crippen LogP contribution in [0.1, 0.15) is 17.5 Å². The highest BCUT2D eigenvalue weighted by Gasteiger charge is 2.14. The molecular formula is C19H20N2O3. The van der Waals surface area contributed by atoms with Gasteiger partial charge in [0.15, 0.2) is 0 Å². The Labute approximate surface area is 142 Å². The number of carbonyl (C=O) groups is 1. The zero-order chi connectivity index (χ0) is 17.4. The molecule has 2 aromatic carbocycles. The summed E-state index contributed by atoms with van der Waals surface area (Å²) in [5, 5.41) is 8.82. The fraction of sp³-hybridized carbons (Fsp3) is 0.263. The van der Waals surface area contributed by atoms with E-state index in [0.29, 0.717) is 13.1 Å². The number of nitriles is 1. The summed E-state index contributed by atoms with van der Waals surface area (Å²) in [6.45, 7) is 0.882. The number of methoxy groups -OCH3 is 2. The molecule has 0 N–H and O–H groups in total. The molecule has 2 rings (SSSR count). The molecule has 5 nitrogen and oxygen atoms in total. The third-order valence-corrected chi connectivity index (χ3v) is 3.65. The van der Waals surface area contributed by atoms with Crippen LogP contribution in [0.5, 0.6) is 11.5 Å². The largest absolute Gasteiger partial charge is 0.497 e. The maximum absolute atomic E-state index is 12.3. The predicted molar refractivity (Wildman–Crippen MR) is 90.5 cm³/mol. The number of nitrogens with zero attached hydrogens (tertiary/aromatic N) is 2. The van der Waals surface area contributed by atoms with Gasteiger partial charge in [0, 0.05) is 13.1 Å². The third-order valence-electron chi connectivity index (χ3n) is 3.65. The van der Waals surface area contributed by atoms with Gasteiger partial charge in [-0.25, -0.2) is 0 Å². The second-order valence-corrected chi connectivity index (χ2v) is 5.28. The van der Waals surface area contributed by atoms with Crippen LogP contribution in [0.3, 0.4) is 0 Å². The minimum atomic E-state index is -0.191. The SMILES string of the molecule is COc1ccc(CN(Cc2ccc(OC)cc2)C(=O)CC#N)cc1. The van der Waals surface area contributed by atoms with Crippen LogP contribution in [0.15, 0.2) is 48.5 Å². The lowest BCUT2D eigenvalue weighted by Gasteiger charge is -2.22. The molecule has 0 radical (unpaired) electrons. The van der Waals surface area contributed by atoms with E-state index < -0.39 is 0 Å². The molecule has 0 aliphatic carbocycles. The normalized spacial score (nSPS) is 9.88. The van der Waals surface area contributed by atoms with Gasteiger partial charge in [0.2, 0.25) is 5.91 Å². The standard InChI is InChI=1S/C19H20N2O3/c1-23-17-7-3-15(4-8-17)13-21(19(22)11-12-20)14-16-5-9-18(24-2)10-6-16/h3-10H,11,13-14H2,1-2H3. The lowest BCUT2D eigenvalue weighted by atomic mass is 10.1. The number of rotatable bonds is 7. The number of carbonyl (C=O) groups excluding carboxylic acids is 1. The number of benzene rings is 2. The van der Waals surface area contributed by atoms with E-state index in [1.165, 1.54) is 0 Å². The summed E-state index contributed by atoms with van der Waals surface area (Å²) in [6.07, 6.45) is -0.133. The molecule has 0 bridgehead atoms. The molecule has 0 atom stereocenters. The van der Waals surface area contributed by atoms with Gasteiger partial charge in [-0.2, -0.15) is 5.26 Å². The van der Waals surface area contributed by atoms with Gasteiger partial charge in [-0.1, -0.05) is 24.3 Å². The lowest BCUT2D eigenvalue weighted by molar-refractivity contribution is -0.131. The minimum Gasteiger partial charge on any atom is -0.497 e. The summed E-state index contributed by atoms with van der Waals surface area (Å²) in [7, 11) is 3.23. The van der Waals surface area contributed by atoms with Crippen LogP contribution in [-0.2, 0) is 17.9 Å². The summed E-state index contributed by atoms with van der Waals surface area (Å²) in [5.41, 5.74) is 1.96. The summed E-state index contributed by atoms with van der Waals surface area (Å²) >= 11 is 0. The van der Waals surface area contributed by atoms with Gasteiger partial charge < -0.3 is 14.4 Å². The van der Waals surface area contributed by atoms with Crippen LogP contribution in [0, 0.1) is 11.3 Å². The van der Waals surface area contributed by atoms with Crippen molar-refractivity contribution in [1.29, 1.82) is 5.26 Å². The van der Waals surface area contributed by atoms with E-state index in [0.717, 1.165) is 22.6 Å². The number of amides is 1. The fourth-order valence-electron chi connectivity index (χ4n) is 2.31. The van der Waals surface area contributed by atoms with Gasteiger partial charge in [0.05, 0.1) is 20.3 Å². The maximum Gasteiger partial charge on any atom is 0.237 e. The lowest BCUT2D eigenvalue weighted by Crippen LogP contribution is -2.29. The van der Waals surface area contributed by atoms with E-state index in [1.807, 2.05) is 54.6 Å². The molecule has 0 aliphatic heterocycles. The Bertz CT molecular complexity index is 653. The van der Waals surface area contributed by atoms with Crippen LogP contribution in [-0.4, -0.2) is 25.0 Å². The summed E-state index contributed by atoms with van der Waals surface area (Å²) < 4.78 is 10.3. The fourth-order valence-corrected chi connectivity index (χ4v) is 2.31. The van der Waals surface area contributed by atoms with Crippen molar-refractivity contribution in [2.75, 3.05) is 14.2 Å². The molecule has 124 valence electrons. The van der Waals surface area contributed by atoms with Gasteiger partial charge in [-0.05, 0) is 35.4 Å². The van der Waals surface area contributed by atoms with Gasteiger partial charge in [-0.15, -0.1) is 0 Å². The minimum absolute atomic E-state index is 0.133. The number of ether oxygens (including phenoxy) is 2. The summed E-state index contributed by atoms with van der Waals surface area (Å²) in [4.78, 5) is 13.9. The first-order chi connectivity index (χ1) is 11.7. The average molecular weight is 324 g/mol. The topological polar surface area (TPSA) is 62.6 Å². The zero-order valence-electron chi connectivity index (χ0n) is 13.9. The molecule has 0 saturated carbocycles. The molecule has 2 aromatic rings. The molecule has 5 heteroatoms. The first kappa shape index (κ1) is 17.4. The quantitative estimate of drug-likeness (QED) is 0.785. The van der Waals surface area contributed by atoms with E-state index in [4.69, 9.17) is 14.7 Å². The van der Waals surface area contributed by atoms with Crippen molar-refractivity contribution in [1.82, 2.24) is 4.90 Å². The van der Waals surface area contributed by atoms with Crippen molar-refractivity contribution in [3.05, 3.63) is 59.7 Å². The molecule has 0 spiro atoms. The highest BCUT2D eigenvalue weighted by molar-refractivity contribution is 5.78. The van der Waals surface area contributed by atoms with Crippen molar-refractivity contribution in [2.24, 2.45) is 0 Å². The Kier molecular flexibility index (Phi) is 6.21. The molecule has 1 amide bonds. The van der Waals surface area contributed by atoms with Crippen molar-refractivity contribution >= 4 is 5.91 Å². The van der Waals surface area contributed by atoms with Gasteiger partial charge in [-0.3, -0.25) is 4.79 Å². The van der Waals surface area contributed by atoms with E-state index in [-0.39, 0.29) is 12.3 Å². The van der Waals surface area contributed by atoms with Crippen LogP contribution < -0.4 is 9.47 Å². The highest BCUT2D eigenvalue weighted by atomic mass is 16.5. The smallest absolute Gasteiger partial charge is 0.237 e. The summed E-state index contributed by atoms with van der Waals surface area (Å²) in [6, 6.07) is 17.0. The maximum atomic E-state index is 12.3. The van der Waals surface area contributed by atoms with Gasteiger partial charge in [0.25, 0.3) is 0 Å². The molecular weight excluding hydrogens is 304 g/mol. The Morgan fingerprint density at radius 1 is 0.917 bits per heavy atom. The van der Waals surface area contributed by atoms with Crippen LogP contribution in [0.2, 0.25) is 0 Å². The molecule has 24 heavy (non-hydrogen) atoms. The van der Waals surface area contributed by atoms with Crippen LogP contribution in [0.4, 0.5) is 0 Å². The third kappa shape index (κ3) is 4.75. The Morgan fingerprint density at radius 2 is 1.33 bits per heavy atom. The van der Waals surface area contributed by atoms with Crippen LogP contribution in [0.25, 0.3) is 0 Å². The Hall–Kier alpha value is -3.00. The molecule has 0 aliphatic rings. The first-order valence-electron chi connectivity index (χ1n) is 7.57. The Balaban J connectivity index is 2.13. The second kappa shape index (κ2) is 8.59. The van der Waals surface area contributed by atoms with Gasteiger partial charge in [0.1, 0.15) is 17.9 Å². The molecule has 0 aromatic heterocycles. The molecule has 0 fully saturated rings. The Morgan fingerprint density at radius 3 is 1.67 bits per heavy atom. The second-order valence-electron chi connectivity index (χ2n) is 5.28. The number of hydrogen-bond donors (Lipinski definition) is 0. The first-order valence-corrected chi connectivity index (χ1v) is 7.57. The summed E-state index contributed by atoms with van der Waals surface area (Å²) in [5.74, 6) is 1.34. The molecule has 0 unspecified atom stereocenters. The molecule has 0 saturated heterocycles. The van der Waals surface area contributed by atoms with E-state index in [2.05, 4.69) is 0 Å². The highest BCUT2D eigenvalue weighted by Crippen LogP contribution is 2.17. The van der Waals surface area contributed by atoms with E-state index >= 15 is 0 Å². The van der Waals surface area contributed by atoms with Crippen LogP contribution >= 0.6 is 0 Å². The number of hydrogen-bond acceptors (Lipinski definition) is 4. The van der Waals surface area contributed by atoms with Crippen molar-refractivity contribution in [3.8, 4) is 17.6 Å². The van der Waals surface area contributed by atoms with E-state index in [1.54, 1.807) is 19.1 Å². The average Bonchev–Trinajstić information content (AvgIpc) is 2.62. The van der Waals surface area contributed by atoms with E-state index in [9.17, 15) is 4.79 Å². The van der Waals surface area contributed by atoms with Crippen molar-refractivity contribution < 1.29 is 14.3 Å².